The summed E-state index contributed by atoms with van der Waals surface area (Å²) in [5.74, 6) is 0.296. The number of rotatable bonds is 3. The molecule has 2 amide bonds. The minimum Gasteiger partial charge on any atom is -0.495 e. The fourth-order valence-corrected chi connectivity index (χ4v) is 3.20. The molecule has 5 nitrogen and oxygen atoms in total. The number of carbonyl (C=O) groups excluding carboxylic acids is 2. The number of hydrogen-bond donors (Lipinski definition) is 0. The van der Waals surface area contributed by atoms with E-state index in [1.54, 1.807) is 19.2 Å². The van der Waals surface area contributed by atoms with E-state index in [1.165, 1.54) is 11.3 Å². The summed E-state index contributed by atoms with van der Waals surface area (Å²) < 4.78 is 5.28. The molecule has 2 aliphatic heterocycles. The van der Waals surface area contributed by atoms with Crippen molar-refractivity contribution in [2.24, 2.45) is 0 Å². The van der Waals surface area contributed by atoms with Crippen LogP contribution in [0.25, 0.3) is 0 Å². The summed E-state index contributed by atoms with van der Waals surface area (Å²) in [5, 5.41) is 0. The highest BCUT2D eigenvalue weighted by atomic mass is 16.5. The van der Waals surface area contributed by atoms with E-state index in [1.807, 2.05) is 12.1 Å². The number of ether oxygens (including phenoxy) is 1. The summed E-state index contributed by atoms with van der Waals surface area (Å²) in [4.78, 5) is 28.5. The molecule has 2 saturated heterocycles. The van der Waals surface area contributed by atoms with E-state index >= 15 is 0 Å². The van der Waals surface area contributed by atoms with Gasteiger partial charge in [-0.15, -0.1) is 0 Å². The number of likely N-dealkylation sites (tertiary alicyclic amines) is 1. The molecule has 0 saturated carbocycles. The van der Waals surface area contributed by atoms with E-state index in [2.05, 4.69) is 4.90 Å². The Morgan fingerprint density at radius 2 is 1.81 bits per heavy atom. The Kier molecular flexibility index (Phi) is 3.92. The summed E-state index contributed by atoms with van der Waals surface area (Å²) >= 11 is 0. The SMILES string of the molecule is COc1ccccc1N1C(=O)CC(N2CCCCC2)C1=O. The van der Waals surface area contributed by atoms with Crippen molar-refractivity contribution < 1.29 is 14.3 Å². The zero-order valence-corrected chi connectivity index (χ0v) is 12.2. The highest BCUT2D eigenvalue weighted by molar-refractivity contribution is 6.23. The normalized spacial score (nSPS) is 23.7. The number of carbonyl (C=O) groups is 2. The number of para-hydroxylation sites is 2. The van der Waals surface area contributed by atoms with Gasteiger partial charge in [-0.1, -0.05) is 18.6 Å². The van der Waals surface area contributed by atoms with Gasteiger partial charge >= 0.3 is 0 Å². The average molecular weight is 288 g/mol. The van der Waals surface area contributed by atoms with Gasteiger partial charge in [0.1, 0.15) is 5.75 Å². The molecule has 1 aromatic carbocycles. The second-order valence-electron chi connectivity index (χ2n) is 5.56. The van der Waals surface area contributed by atoms with Crippen molar-refractivity contribution in [2.75, 3.05) is 25.1 Å². The fourth-order valence-electron chi connectivity index (χ4n) is 3.20. The maximum atomic E-state index is 12.7. The predicted octanol–water partition coefficient (Wildman–Crippen LogP) is 1.81. The Labute approximate surface area is 124 Å². The first kappa shape index (κ1) is 14.1. The van der Waals surface area contributed by atoms with Crippen molar-refractivity contribution in [3.05, 3.63) is 24.3 Å². The molecule has 112 valence electrons. The number of amides is 2. The number of hydrogen-bond acceptors (Lipinski definition) is 4. The number of nitrogens with zero attached hydrogens (tertiary/aromatic N) is 2. The number of benzene rings is 1. The second-order valence-corrected chi connectivity index (χ2v) is 5.56. The third-order valence-electron chi connectivity index (χ3n) is 4.28. The molecule has 1 atom stereocenters. The van der Waals surface area contributed by atoms with Crippen LogP contribution in [0, 0.1) is 0 Å². The van der Waals surface area contributed by atoms with Crippen LogP contribution < -0.4 is 9.64 Å². The summed E-state index contributed by atoms with van der Waals surface area (Å²) in [6, 6.07) is 6.86. The summed E-state index contributed by atoms with van der Waals surface area (Å²) in [6.07, 6.45) is 3.69. The topological polar surface area (TPSA) is 49.9 Å². The molecule has 1 aromatic rings. The van der Waals surface area contributed by atoms with Crippen molar-refractivity contribution in [3.8, 4) is 5.75 Å². The maximum Gasteiger partial charge on any atom is 0.251 e. The molecule has 0 bridgehead atoms. The first-order chi connectivity index (χ1) is 10.2. The Morgan fingerprint density at radius 3 is 2.52 bits per heavy atom. The summed E-state index contributed by atoms with van der Waals surface area (Å²) in [6.45, 7) is 1.81. The maximum absolute atomic E-state index is 12.7. The van der Waals surface area contributed by atoms with Crippen molar-refractivity contribution in [1.82, 2.24) is 4.90 Å². The van der Waals surface area contributed by atoms with E-state index in [-0.39, 0.29) is 24.3 Å². The third kappa shape index (κ3) is 2.53. The van der Waals surface area contributed by atoms with Crippen molar-refractivity contribution in [3.63, 3.8) is 0 Å². The molecular formula is C16H20N2O3. The van der Waals surface area contributed by atoms with Crippen LogP contribution in [-0.2, 0) is 9.59 Å². The lowest BCUT2D eigenvalue weighted by molar-refractivity contribution is -0.123. The van der Waals surface area contributed by atoms with E-state index in [0.29, 0.717) is 11.4 Å². The van der Waals surface area contributed by atoms with Gasteiger partial charge in [-0.2, -0.15) is 0 Å². The monoisotopic (exact) mass is 288 g/mol. The smallest absolute Gasteiger partial charge is 0.251 e. The molecule has 21 heavy (non-hydrogen) atoms. The molecule has 0 aromatic heterocycles. The minimum atomic E-state index is -0.303. The lowest BCUT2D eigenvalue weighted by Gasteiger charge is -2.30. The van der Waals surface area contributed by atoms with Crippen LogP contribution in [0.3, 0.4) is 0 Å². The van der Waals surface area contributed by atoms with Crippen LogP contribution in [0.4, 0.5) is 5.69 Å². The Bertz CT molecular complexity index is 552. The van der Waals surface area contributed by atoms with Gasteiger partial charge in [0.25, 0.3) is 5.91 Å². The van der Waals surface area contributed by atoms with Crippen LogP contribution in [0.5, 0.6) is 5.75 Å². The Balaban J connectivity index is 1.86. The molecule has 2 aliphatic rings. The van der Waals surface area contributed by atoms with Crippen LogP contribution in [-0.4, -0.2) is 43.0 Å². The van der Waals surface area contributed by atoms with Gasteiger partial charge in [0.05, 0.1) is 25.3 Å². The van der Waals surface area contributed by atoms with E-state index < -0.39 is 0 Å². The summed E-state index contributed by atoms with van der Waals surface area (Å²) in [5.41, 5.74) is 0.550. The molecular weight excluding hydrogens is 268 g/mol. The molecule has 0 aliphatic carbocycles. The molecule has 2 heterocycles. The highest BCUT2D eigenvalue weighted by Crippen LogP contribution is 2.33. The van der Waals surface area contributed by atoms with Gasteiger partial charge in [0.15, 0.2) is 0 Å². The van der Waals surface area contributed by atoms with Gasteiger partial charge in [-0.3, -0.25) is 14.5 Å². The fraction of sp³-hybridized carbons (Fsp3) is 0.500. The number of methoxy groups -OCH3 is 1. The van der Waals surface area contributed by atoms with Crippen LogP contribution in [0.2, 0.25) is 0 Å². The summed E-state index contributed by atoms with van der Waals surface area (Å²) in [7, 11) is 1.55. The predicted molar refractivity (Wildman–Crippen MR) is 79.3 cm³/mol. The van der Waals surface area contributed by atoms with Crippen molar-refractivity contribution in [2.45, 2.75) is 31.7 Å². The van der Waals surface area contributed by atoms with Crippen LogP contribution in [0.15, 0.2) is 24.3 Å². The van der Waals surface area contributed by atoms with E-state index in [0.717, 1.165) is 25.9 Å². The largest absolute Gasteiger partial charge is 0.495 e. The quantitative estimate of drug-likeness (QED) is 0.796. The molecule has 0 radical (unpaired) electrons. The van der Waals surface area contributed by atoms with Gasteiger partial charge in [-0.05, 0) is 38.1 Å². The molecule has 0 N–H and O–H groups in total. The minimum absolute atomic E-state index is 0.119. The third-order valence-corrected chi connectivity index (χ3v) is 4.28. The van der Waals surface area contributed by atoms with Gasteiger partial charge in [-0.25, -0.2) is 4.90 Å². The number of anilines is 1. The Hall–Kier alpha value is -1.88. The van der Waals surface area contributed by atoms with E-state index in [9.17, 15) is 9.59 Å². The highest BCUT2D eigenvalue weighted by Gasteiger charge is 2.43. The van der Waals surface area contributed by atoms with Crippen LogP contribution >= 0.6 is 0 Å². The molecule has 1 unspecified atom stereocenters. The van der Waals surface area contributed by atoms with Gasteiger partial charge in [0, 0.05) is 0 Å². The van der Waals surface area contributed by atoms with Crippen molar-refractivity contribution >= 4 is 17.5 Å². The number of piperidine rings is 1. The van der Waals surface area contributed by atoms with Crippen molar-refractivity contribution in [1.29, 1.82) is 0 Å². The van der Waals surface area contributed by atoms with Gasteiger partial charge < -0.3 is 4.74 Å². The molecule has 2 fully saturated rings. The zero-order chi connectivity index (χ0) is 14.8. The molecule has 3 rings (SSSR count). The van der Waals surface area contributed by atoms with Gasteiger partial charge in [0.2, 0.25) is 5.91 Å². The lowest BCUT2D eigenvalue weighted by atomic mass is 10.1. The first-order valence-electron chi connectivity index (χ1n) is 7.46. The lowest BCUT2D eigenvalue weighted by Crippen LogP contribution is -2.44. The Morgan fingerprint density at radius 1 is 1.10 bits per heavy atom. The number of imide groups is 1. The first-order valence-corrected chi connectivity index (χ1v) is 7.46. The standard InChI is InChI=1S/C16H20N2O3/c1-21-14-8-4-3-7-12(14)18-15(19)11-13(16(18)20)17-9-5-2-6-10-17/h3-4,7-8,13H,2,5-6,9-11H2,1H3. The zero-order valence-electron chi connectivity index (χ0n) is 12.2. The van der Waals surface area contributed by atoms with Crippen LogP contribution in [0.1, 0.15) is 25.7 Å². The second kappa shape index (κ2) is 5.85. The molecule has 5 heteroatoms. The molecule has 0 spiro atoms. The average Bonchev–Trinajstić information content (AvgIpc) is 2.83. The van der Waals surface area contributed by atoms with E-state index in [4.69, 9.17) is 4.74 Å².